The van der Waals surface area contributed by atoms with E-state index >= 15 is 0 Å². The van der Waals surface area contributed by atoms with Gasteiger partial charge < -0.3 is 0 Å². The molecule has 0 bridgehead atoms. The minimum atomic E-state index is -0.400. The van der Waals surface area contributed by atoms with E-state index in [1.54, 1.807) is 0 Å². The van der Waals surface area contributed by atoms with Crippen LogP contribution in [0.1, 0.15) is 82.7 Å². The summed E-state index contributed by atoms with van der Waals surface area (Å²) in [6, 6.07) is 63.2. The van der Waals surface area contributed by atoms with Crippen molar-refractivity contribution in [3.63, 3.8) is 0 Å². The standard InChI is InChI=1S/C54H40/c1-32-43(35-25-24-33-14-4-5-15-34(33)28-35)29-36-30-50-45(40-19-6-10-20-46(40)53(50,2)3)31-44(36)41-26-27-42-39-18-9-13-23-49(39)54(52(42)51(32)41)47-21-11-7-16-37(47)38-17-8-12-22-48(38)54/h4-28,30-32,43H,29H2,1-3H3. The van der Waals surface area contributed by atoms with Crippen LogP contribution in [0.3, 0.4) is 0 Å². The average Bonchev–Trinajstić information content (AvgIpc) is 3.73. The van der Waals surface area contributed by atoms with Crippen LogP contribution in [0.2, 0.25) is 0 Å². The van der Waals surface area contributed by atoms with Crippen LogP contribution < -0.4 is 0 Å². The van der Waals surface area contributed by atoms with Crippen molar-refractivity contribution in [3.8, 4) is 44.5 Å². The molecule has 0 aliphatic heterocycles. The molecule has 0 amide bonds. The zero-order valence-electron chi connectivity index (χ0n) is 31.0. The number of hydrogen-bond acceptors (Lipinski definition) is 0. The molecule has 4 aliphatic rings. The topological polar surface area (TPSA) is 0 Å². The summed E-state index contributed by atoms with van der Waals surface area (Å²) in [6.07, 6.45) is 0.991. The molecule has 54 heavy (non-hydrogen) atoms. The van der Waals surface area contributed by atoms with E-state index in [4.69, 9.17) is 0 Å². The lowest BCUT2D eigenvalue weighted by molar-refractivity contribution is 0.570. The molecule has 2 atom stereocenters. The number of fused-ring (bicyclic) bond motifs is 18. The maximum atomic E-state index is 2.61. The summed E-state index contributed by atoms with van der Waals surface area (Å²) >= 11 is 0. The Balaban J connectivity index is 1.22. The van der Waals surface area contributed by atoms with Gasteiger partial charge in [0, 0.05) is 5.41 Å². The molecule has 0 fully saturated rings. The van der Waals surface area contributed by atoms with Crippen molar-refractivity contribution in [2.24, 2.45) is 0 Å². The molecule has 0 nitrogen and oxygen atoms in total. The quantitative estimate of drug-likeness (QED) is 0.161. The van der Waals surface area contributed by atoms with Crippen LogP contribution in [0.15, 0.2) is 164 Å². The molecule has 2 unspecified atom stereocenters. The summed E-state index contributed by atoms with van der Waals surface area (Å²) in [5.41, 5.74) is 23.6. The predicted molar refractivity (Wildman–Crippen MR) is 225 cm³/mol. The number of hydrogen-bond donors (Lipinski definition) is 0. The van der Waals surface area contributed by atoms with E-state index in [-0.39, 0.29) is 11.3 Å². The van der Waals surface area contributed by atoms with Crippen molar-refractivity contribution < 1.29 is 0 Å². The highest BCUT2D eigenvalue weighted by Crippen LogP contribution is 2.66. The zero-order chi connectivity index (χ0) is 35.9. The molecule has 0 aromatic heterocycles. The SMILES string of the molecule is CC1c2c(ccc3c2C2(c4ccccc4-c4ccccc42)c2ccccc2-3)-c2cc3c(cc2CC1c1ccc2ccccc2c1)C(C)(C)c1ccccc1-3. The van der Waals surface area contributed by atoms with Crippen LogP contribution in [0.5, 0.6) is 0 Å². The minimum absolute atomic E-state index is 0.0545. The first-order chi connectivity index (χ1) is 26.5. The normalized spacial score (nSPS) is 18.5. The monoisotopic (exact) mass is 688 g/mol. The molecule has 8 aromatic carbocycles. The van der Waals surface area contributed by atoms with Gasteiger partial charge in [-0.1, -0.05) is 178 Å². The molecule has 256 valence electrons. The van der Waals surface area contributed by atoms with E-state index in [0.717, 1.165) is 6.42 Å². The fraction of sp³-hybridized carbons (Fsp3) is 0.148. The molecular weight excluding hydrogens is 649 g/mol. The third-order valence-electron chi connectivity index (χ3n) is 14.0. The molecule has 12 rings (SSSR count). The lowest BCUT2D eigenvalue weighted by Gasteiger charge is -2.35. The molecule has 0 saturated carbocycles. The van der Waals surface area contributed by atoms with E-state index in [9.17, 15) is 0 Å². The third kappa shape index (κ3) is 3.69. The van der Waals surface area contributed by atoms with Gasteiger partial charge in [0.05, 0.1) is 5.41 Å². The molecule has 0 heterocycles. The molecule has 0 heteroatoms. The van der Waals surface area contributed by atoms with Crippen molar-refractivity contribution >= 4 is 10.8 Å². The second-order valence-corrected chi connectivity index (χ2v) is 16.8. The van der Waals surface area contributed by atoms with E-state index in [0.29, 0.717) is 5.92 Å². The maximum Gasteiger partial charge on any atom is 0.0728 e. The number of rotatable bonds is 1. The van der Waals surface area contributed by atoms with Gasteiger partial charge in [-0.05, 0) is 130 Å². The Morgan fingerprint density at radius 2 is 0.963 bits per heavy atom. The lowest BCUT2D eigenvalue weighted by Crippen LogP contribution is -2.28. The van der Waals surface area contributed by atoms with Gasteiger partial charge in [0.1, 0.15) is 0 Å². The van der Waals surface area contributed by atoms with Gasteiger partial charge in [-0.15, -0.1) is 0 Å². The minimum Gasteiger partial charge on any atom is -0.0619 e. The van der Waals surface area contributed by atoms with Crippen molar-refractivity contribution in [2.45, 2.75) is 49.9 Å². The largest absolute Gasteiger partial charge is 0.0728 e. The molecule has 0 saturated heterocycles. The van der Waals surface area contributed by atoms with Crippen LogP contribution in [-0.2, 0) is 17.3 Å². The highest BCUT2D eigenvalue weighted by Gasteiger charge is 2.54. The van der Waals surface area contributed by atoms with E-state index < -0.39 is 5.41 Å². The lowest BCUT2D eigenvalue weighted by atomic mass is 9.66. The molecule has 0 N–H and O–H groups in total. The van der Waals surface area contributed by atoms with E-state index in [2.05, 4.69) is 185 Å². The second-order valence-electron chi connectivity index (χ2n) is 16.8. The zero-order valence-corrected chi connectivity index (χ0v) is 31.0. The Hall–Kier alpha value is -5.98. The summed E-state index contributed by atoms with van der Waals surface area (Å²) in [7, 11) is 0. The van der Waals surface area contributed by atoms with Crippen molar-refractivity contribution in [1.82, 2.24) is 0 Å². The summed E-state index contributed by atoms with van der Waals surface area (Å²) in [5, 5.41) is 2.62. The molecule has 0 radical (unpaired) electrons. The Morgan fingerprint density at radius 1 is 0.426 bits per heavy atom. The molecule has 4 aliphatic carbocycles. The average molecular weight is 689 g/mol. The Morgan fingerprint density at radius 3 is 1.63 bits per heavy atom. The van der Waals surface area contributed by atoms with Gasteiger partial charge in [-0.2, -0.15) is 0 Å². The van der Waals surface area contributed by atoms with Crippen molar-refractivity contribution in [3.05, 3.63) is 214 Å². The Kier molecular flexibility index (Phi) is 5.97. The van der Waals surface area contributed by atoms with E-state index in [1.807, 2.05) is 0 Å². The van der Waals surface area contributed by atoms with Gasteiger partial charge in [0.2, 0.25) is 0 Å². The first-order valence-corrected chi connectivity index (χ1v) is 19.7. The first-order valence-electron chi connectivity index (χ1n) is 19.7. The molecular formula is C54H40. The first kappa shape index (κ1) is 30.5. The van der Waals surface area contributed by atoms with Crippen molar-refractivity contribution in [2.75, 3.05) is 0 Å². The summed E-state index contributed by atoms with van der Waals surface area (Å²) in [5.74, 6) is 0.545. The second kappa shape index (κ2) is 10.6. The smallest absolute Gasteiger partial charge is 0.0619 e. The van der Waals surface area contributed by atoms with Crippen molar-refractivity contribution in [1.29, 1.82) is 0 Å². The van der Waals surface area contributed by atoms with Gasteiger partial charge in [-0.25, -0.2) is 0 Å². The molecule has 1 spiro atoms. The van der Waals surface area contributed by atoms with Crippen LogP contribution in [-0.4, -0.2) is 0 Å². The highest BCUT2D eigenvalue weighted by molar-refractivity contribution is 5.98. The Bertz CT molecular complexity index is 2850. The summed E-state index contributed by atoms with van der Waals surface area (Å²) in [4.78, 5) is 0. The molecule has 8 aromatic rings. The number of benzene rings is 8. The fourth-order valence-electron chi connectivity index (χ4n) is 11.6. The van der Waals surface area contributed by atoms with Gasteiger partial charge in [0.25, 0.3) is 0 Å². The third-order valence-corrected chi connectivity index (χ3v) is 14.0. The van der Waals surface area contributed by atoms with Gasteiger partial charge in [0.15, 0.2) is 0 Å². The predicted octanol–water partition coefficient (Wildman–Crippen LogP) is 13.6. The van der Waals surface area contributed by atoms with Gasteiger partial charge in [-0.3, -0.25) is 0 Å². The fourth-order valence-corrected chi connectivity index (χ4v) is 11.6. The summed E-state index contributed by atoms with van der Waals surface area (Å²) < 4.78 is 0. The van der Waals surface area contributed by atoms with Crippen LogP contribution in [0.4, 0.5) is 0 Å². The van der Waals surface area contributed by atoms with Gasteiger partial charge >= 0.3 is 0 Å². The van der Waals surface area contributed by atoms with E-state index in [1.165, 1.54) is 105 Å². The van der Waals surface area contributed by atoms with Crippen LogP contribution in [0, 0.1) is 0 Å². The summed E-state index contributed by atoms with van der Waals surface area (Å²) in [6.45, 7) is 7.38. The van der Waals surface area contributed by atoms with Crippen LogP contribution >= 0.6 is 0 Å². The van der Waals surface area contributed by atoms with Crippen LogP contribution in [0.25, 0.3) is 55.3 Å². The Labute approximate surface area is 317 Å². The maximum absolute atomic E-state index is 2.61. The highest BCUT2D eigenvalue weighted by atomic mass is 14.5.